The summed E-state index contributed by atoms with van der Waals surface area (Å²) >= 11 is 12.1. The van der Waals surface area contributed by atoms with Crippen molar-refractivity contribution in [2.75, 3.05) is 7.11 Å². The van der Waals surface area contributed by atoms with Crippen LogP contribution < -0.4 is 4.74 Å². The van der Waals surface area contributed by atoms with Crippen molar-refractivity contribution in [3.8, 4) is 5.75 Å². The number of aromatic nitrogens is 2. The fraction of sp³-hybridized carbons (Fsp3) is 0.273. The van der Waals surface area contributed by atoms with Gasteiger partial charge in [-0.3, -0.25) is 4.79 Å². The number of carbonyl (C=O) groups is 1. The van der Waals surface area contributed by atoms with Crippen LogP contribution in [0.1, 0.15) is 35.6 Å². The second-order valence-electron chi connectivity index (χ2n) is 6.98. The lowest BCUT2D eigenvalue weighted by Crippen LogP contribution is -2.37. The monoisotopic (exact) mass is 431 g/mol. The van der Waals surface area contributed by atoms with Gasteiger partial charge in [-0.1, -0.05) is 35.3 Å². The normalized spacial score (nSPS) is 11.0. The van der Waals surface area contributed by atoms with Crippen LogP contribution >= 0.6 is 23.2 Å². The van der Waals surface area contributed by atoms with Crippen LogP contribution in [0.2, 0.25) is 10.0 Å². The minimum absolute atomic E-state index is 0.00354. The summed E-state index contributed by atoms with van der Waals surface area (Å²) in [6.45, 7) is 4.96. The van der Waals surface area contributed by atoms with Crippen LogP contribution in [0.4, 0.5) is 0 Å². The molecule has 3 aromatic rings. The Kier molecular flexibility index (Phi) is 6.83. The van der Waals surface area contributed by atoms with Crippen LogP contribution in [0.3, 0.4) is 0 Å². The summed E-state index contributed by atoms with van der Waals surface area (Å²) in [7, 11) is 1.59. The third-order valence-electron chi connectivity index (χ3n) is 4.65. The molecule has 7 heteroatoms. The summed E-state index contributed by atoms with van der Waals surface area (Å²) < 4.78 is 7.25. The largest absolute Gasteiger partial charge is 0.497 e. The van der Waals surface area contributed by atoms with Gasteiger partial charge in [0.2, 0.25) is 0 Å². The van der Waals surface area contributed by atoms with Crippen LogP contribution in [-0.2, 0) is 13.1 Å². The second kappa shape index (κ2) is 9.33. The topological polar surface area (TPSA) is 47.4 Å². The SMILES string of the molecule is COc1cccc(C(=O)N(Cc2nccn2Cc2ccc(Cl)c(Cl)c2)C(C)C)c1. The van der Waals surface area contributed by atoms with E-state index in [1.54, 1.807) is 36.4 Å². The molecule has 0 bridgehead atoms. The quantitative estimate of drug-likeness (QED) is 0.509. The van der Waals surface area contributed by atoms with Gasteiger partial charge in [0, 0.05) is 30.5 Å². The average Bonchev–Trinajstić information content (AvgIpc) is 3.15. The number of ether oxygens (including phenoxy) is 1. The van der Waals surface area contributed by atoms with E-state index in [0.29, 0.717) is 34.4 Å². The first kappa shape index (κ1) is 21.2. The molecule has 0 radical (unpaired) electrons. The van der Waals surface area contributed by atoms with Crippen LogP contribution in [0.15, 0.2) is 54.9 Å². The van der Waals surface area contributed by atoms with Crippen molar-refractivity contribution in [1.82, 2.24) is 14.5 Å². The third kappa shape index (κ3) is 5.11. The maximum absolute atomic E-state index is 13.1. The number of imidazole rings is 1. The van der Waals surface area contributed by atoms with Gasteiger partial charge >= 0.3 is 0 Å². The number of hydrogen-bond donors (Lipinski definition) is 0. The number of halogens is 2. The van der Waals surface area contributed by atoms with E-state index >= 15 is 0 Å². The van der Waals surface area contributed by atoms with Gasteiger partial charge in [-0.15, -0.1) is 0 Å². The van der Waals surface area contributed by atoms with Gasteiger partial charge in [-0.25, -0.2) is 4.98 Å². The van der Waals surface area contributed by atoms with E-state index in [-0.39, 0.29) is 11.9 Å². The Bertz CT molecular complexity index is 1000. The van der Waals surface area contributed by atoms with Crippen molar-refractivity contribution in [2.45, 2.75) is 33.0 Å². The van der Waals surface area contributed by atoms with E-state index < -0.39 is 0 Å². The summed E-state index contributed by atoms with van der Waals surface area (Å²) in [6.07, 6.45) is 3.63. The van der Waals surface area contributed by atoms with E-state index in [1.165, 1.54) is 0 Å². The van der Waals surface area contributed by atoms with E-state index in [2.05, 4.69) is 4.98 Å². The molecule has 3 rings (SSSR count). The van der Waals surface area contributed by atoms with Gasteiger partial charge in [-0.2, -0.15) is 0 Å². The first-order chi connectivity index (χ1) is 13.9. The summed E-state index contributed by atoms with van der Waals surface area (Å²) in [6, 6.07) is 12.7. The Morgan fingerprint density at radius 1 is 1.17 bits per heavy atom. The highest BCUT2D eigenvalue weighted by atomic mass is 35.5. The van der Waals surface area contributed by atoms with Crippen LogP contribution in [0.25, 0.3) is 0 Å². The van der Waals surface area contributed by atoms with Gasteiger partial charge in [-0.05, 0) is 49.7 Å². The summed E-state index contributed by atoms with van der Waals surface area (Å²) in [4.78, 5) is 19.4. The molecule has 5 nitrogen and oxygen atoms in total. The third-order valence-corrected chi connectivity index (χ3v) is 5.39. The van der Waals surface area contributed by atoms with Gasteiger partial charge in [0.25, 0.3) is 5.91 Å². The lowest BCUT2D eigenvalue weighted by molar-refractivity contribution is 0.0682. The first-order valence-electron chi connectivity index (χ1n) is 9.28. The summed E-state index contributed by atoms with van der Waals surface area (Å²) in [5.74, 6) is 1.38. The molecule has 2 aromatic carbocycles. The predicted octanol–water partition coefficient (Wildman–Crippen LogP) is 5.30. The van der Waals surface area contributed by atoms with Crippen LogP contribution in [0.5, 0.6) is 5.75 Å². The van der Waals surface area contributed by atoms with Crippen LogP contribution in [-0.4, -0.2) is 33.5 Å². The van der Waals surface area contributed by atoms with E-state index in [1.807, 2.05) is 48.9 Å². The first-order valence-corrected chi connectivity index (χ1v) is 10.0. The molecule has 152 valence electrons. The molecule has 29 heavy (non-hydrogen) atoms. The smallest absolute Gasteiger partial charge is 0.254 e. The zero-order valence-electron chi connectivity index (χ0n) is 16.6. The Labute approximate surface area is 180 Å². The second-order valence-corrected chi connectivity index (χ2v) is 7.79. The highest BCUT2D eigenvalue weighted by molar-refractivity contribution is 6.42. The van der Waals surface area contributed by atoms with Crippen molar-refractivity contribution in [2.24, 2.45) is 0 Å². The zero-order chi connectivity index (χ0) is 21.0. The minimum Gasteiger partial charge on any atom is -0.497 e. The van der Waals surface area contributed by atoms with Gasteiger partial charge < -0.3 is 14.2 Å². The number of amides is 1. The summed E-state index contributed by atoms with van der Waals surface area (Å²) in [5, 5.41) is 1.04. The number of methoxy groups -OCH3 is 1. The number of nitrogens with zero attached hydrogens (tertiary/aromatic N) is 3. The maximum atomic E-state index is 13.1. The molecule has 0 spiro atoms. The Morgan fingerprint density at radius 3 is 2.66 bits per heavy atom. The van der Waals surface area contributed by atoms with Crippen molar-refractivity contribution in [1.29, 1.82) is 0 Å². The molecule has 0 aliphatic rings. The highest BCUT2D eigenvalue weighted by Gasteiger charge is 2.21. The number of hydrogen-bond acceptors (Lipinski definition) is 3. The van der Waals surface area contributed by atoms with Crippen molar-refractivity contribution >= 4 is 29.1 Å². The predicted molar refractivity (Wildman–Crippen MR) is 116 cm³/mol. The summed E-state index contributed by atoms with van der Waals surface area (Å²) in [5.41, 5.74) is 1.59. The molecule has 0 fully saturated rings. The van der Waals surface area contributed by atoms with E-state index in [9.17, 15) is 4.79 Å². The molecular formula is C22H23Cl2N3O2. The lowest BCUT2D eigenvalue weighted by atomic mass is 10.1. The molecule has 0 saturated heterocycles. The molecular weight excluding hydrogens is 409 g/mol. The van der Waals surface area contributed by atoms with Crippen molar-refractivity contribution in [3.05, 3.63) is 81.9 Å². The fourth-order valence-electron chi connectivity index (χ4n) is 3.03. The van der Waals surface area contributed by atoms with Crippen LogP contribution in [0, 0.1) is 0 Å². The molecule has 1 amide bonds. The maximum Gasteiger partial charge on any atom is 0.254 e. The lowest BCUT2D eigenvalue weighted by Gasteiger charge is -2.27. The van der Waals surface area contributed by atoms with Gasteiger partial charge in [0.05, 0.1) is 23.7 Å². The molecule has 1 aromatic heterocycles. The Morgan fingerprint density at radius 2 is 1.97 bits per heavy atom. The molecule has 0 N–H and O–H groups in total. The van der Waals surface area contributed by atoms with Crippen molar-refractivity contribution < 1.29 is 9.53 Å². The minimum atomic E-state index is -0.0667. The molecule has 1 heterocycles. The number of benzene rings is 2. The van der Waals surface area contributed by atoms with Gasteiger partial charge in [0.1, 0.15) is 11.6 Å². The average molecular weight is 432 g/mol. The van der Waals surface area contributed by atoms with Crippen molar-refractivity contribution in [3.63, 3.8) is 0 Å². The molecule has 0 aliphatic carbocycles. The molecule has 0 saturated carbocycles. The fourth-order valence-corrected chi connectivity index (χ4v) is 3.35. The Balaban J connectivity index is 1.82. The molecule has 0 unspecified atom stereocenters. The van der Waals surface area contributed by atoms with E-state index in [0.717, 1.165) is 11.4 Å². The Hall–Kier alpha value is -2.50. The zero-order valence-corrected chi connectivity index (χ0v) is 18.1. The number of carbonyl (C=O) groups excluding carboxylic acids is 1. The molecule has 0 aliphatic heterocycles. The van der Waals surface area contributed by atoms with Gasteiger partial charge in [0.15, 0.2) is 0 Å². The van der Waals surface area contributed by atoms with E-state index in [4.69, 9.17) is 27.9 Å². The standard InChI is InChI=1S/C22H23Cl2N3O2/c1-15(2)27(22(28)17-5-4-6-18(12-17)29-3)14-21-25-9-10-26(21)13-16-7-8-19(23)20(24)11-16/h4-12,15H,13-14H2,1-3H3. The highest BCUT2D eigenvalue weighted by Crippen LogP contribution is 2.23. The molecule has 0 atom stereocenters. The number of rotatable bonds is 7.